The van der Waals surface area contributed by atoms with Gasteiger partial charge >= 0.3 is 0 Å². The van der Waals surface area contributed by atoms with Crippen molar-refractivity contribution >= 4 is 23.0 Å². The molecule has 0 aliphatic heterocycles. The number of pyridine rings is 1. The third kappa shape index (κ3) is 3.86. The van der Waals surface area contributed by atoms with Gasteiger partial charge in [-0.25, -0.2) is 4.98 Å². The normalized spacial score (nSPS) is 9.00. The number of hydrogen-bond acceptors (Lipinski definition) is 5. The van der Waals surface area contributed by atoms with E-state index < -0.39 is 0 Å². The predicted octanol–water partition coefficient (Wildman–Crippen LogP) is 2.71. The van der Waals surface area contributed by atoms with Gasteiger partial charge in [0.05, 0.1) is 11.4 Å². The van der Waals surface area contributed by atoms with Gasteiger partial charge in [-0.05, 0) is 24.3 Å². The van der Waals surface area contributed by atoms with Gasteiger partial charge in [0.15, 0.2) is 5.82 Å². The van der Waals surface area contributed by atoms with E-state index >= 15 is 0 Å². The van der Waals surface area contributed by atoms with Crippen LogP contribution in [0.15, 0.2) is 42.5 Å². The van der Waals surface area contributed by atoms with E-state index in [1.54, 1.807) is 12.1 Å². The molecule has 0 spiro atoms. The van der Waals surface area contributed by atoms with Crippen molar-refractivity contribution in [1.82, 2.24) is 4.98 Å². The molecule has 1 heterocycles. The Bertz CT molecular complexity index is 470. The van der Waals surface area contributed by atoms with Crippen molar-refractivity contribution in [2.45, 2.75) is 13.8 Å². The van der Waals surface area contributed by atoms with Crippen molar-refractivity contribution < 1.29 is 0 Å². The minimum atomic E-state index is 0.364. The van der Waals surface area contributed by atoms with E-state index in [4.69, 9.17) is 11.5 Å². The summed E-state index contributed by atoms with van der Waals surface area (Å²) in [5.74, 6) is 0.770. The Morgan fingerprint density at radius 3 is 2.17 bits per heavy atom. The topological polar surface area (TPSA) is 89.0 Å². The molecule has 2 rings (SSSR count). The molecule has 18 heavy (non-hydrogen) atoms. The fourth-order valence-corrected chi connectivity index (χ4v) is 1.26. The van der Waals surface area contributed by atoms with Gasteiger partial charge in [-0.2, -0.15) is 0 Å². The highest BCUT2D eigenvalue weighted by Gasteiger charge is 1.99. The minimum Gasteiger partial charge on any atom is -0.384 e. The Balaban J connectivity index is 0.000000771. The zero-order valence-corrected chi connectivity index (χ0v) is 10.6. The zero-order valence-electron chi connectivity index (χ0n) is 10.6. The number of rotatable bonds is 3. The van der Waals surface area contributed by atoms with Crippen LogP contribution in [0.25, 0.3) is 0 Å². The van der Waals surface area contributed by atoms with Gasteiger partial charge in [-0.15, -0.1) is 0 Å². The van der Waals surface area contributed by atoms with Crippen LogP contribution in [0.1, 0.15) is 13.8 Å². The van der Waals surface area contributed by atoms with Gasteiger partial charge in [0, 0.05) is 0 Å². The molecule has 1 aromatic carbocycles. The fourth-order valence-electron chi connectivity index (χ4n) is 1.26. The zero-order chi connectivity index (χ0) is 13.4. The number of nitrogen functional groups attached to an aromatic ring is 2. The number of aromatic nitrogens is 1. The smallest absolute Gasteiger partial charge is 0.151 e. The molecular formula is C13H19N5. The number of hydrazine groups is 1. The van der Waals surface area contributed by atoms with Crippen molar-refractivity contribution in [3.8, 4) is 0 Å². The van der Waals surface area contributed by atoms with Crippen LogP contribution in [0.3, 0.4) is 0 Å². The van der Waals surface area contributed by atoms with E-state index in [1.165, 1.54) is 0 Å². The first-order valence-corrected chi connectivity index (χ1v) is 5.85. The highest BCUT2D eigenvalue weighted by molar-refractivity contribution is 5.66. The number of anilines is 4. The number of nitrogens with one attached hydrogen (secondary N) is 2. The second-order valence-corrected chi connectivity index (χ2v) is 3.28. The summed E-state index contributed by atoms with van der Waals surface area (Å²) in [6.07, 6.45) is 0. The molecule has 1 aromatic heterocycles. The summed E-state index contributed by atoms with van der Waals surface area (Å²) in [5, 5.41) is 0. The van der Waals surface area contributed by atoms with Gasteiger partial charge in [-0.1, -0.05) is 32.0 Å². The van der Waals surface area contributed by atoms with Crippen LogP contribution in [0, 0.1) is 0 Å². The molecule has 0 atom stereocenters. The molecule has 2 aromatic rings. The average molecular weight is 245 g/mol. The second-order valence-electron chi connectivity index (χ2n) is 3.28. The summed E-state index contributed by atoms with van der Waals surface area (Å²) in [5.41, 5.74) is 18.8. The van der Waals surface area contributed by atoms with Gasteiger partial charge in [0.25, 0.3) is 0 Å². The summed E-state index contributed by atoms with van der Waals surface area (Å²) in [7, 11) is 0. The molecule has 0 saturated heterocycles. The van der Waals surface area contributed by atoms with Gasteiger partial charge < -0.3 is 16.9 Å². The van der Waals surface area contributed by atoms with Crippen molar-refractivity contribution in [3.05, 3.63) is 42.5 Å². The standard InChI is InChI=1S/C11H13N5.C2H6/c12-10-7-6-9(11(13)14-10)16-15-8-4-2-1-3-5-8;1-2/h1-7,15-16H,(H4,12,13,14);1-2H3. The summed E-state index contributed by atoms with van der Waals surface area (Å²) in [6.45, 7) is 4.00. The summed E-state index contributed by atoms with van der Waals surface area (Å²) in [6, 6.07) is 13.2. The van der Waals surface area contributed by atoms with E-state index in [0.29, 0.717) is 17.3 Å². The molecule has 0 bridgehead atoms. The number of nitrogens with two attached hydrogens (primary N) is 2. The first-order chi connectivity index (χ1) is 8.75. The van der Waals surface area contributed by atoms with E-state index in [-0.39, 0.29) is 0 Å². The minimum absolute atomic E-state index is 0.364. The lowest BCUT2D eigenvalue weighted by Crippen LogP contribution is -2.11. The van der Waals surface area contributed by atoms with Crippen molar-refractivity contribution in [2.75, 3.05) is 22.3 Å². The van der Waals surface area contributed by atoms with Crippen molar-refractivity contribution in [2.24, 2.45) is 0 Å². The van der Waals surface area contributed by atoms with Crippen molar-refractivity contribution in [3.63, 3.8) is 0 Å². The van der Waals surface area contributed by atoms with Gasteiger partial charge in [-0.3, -0.25) is 5.43 Å². The molecule has 5 nitrogen and oxygen atoms in total. The number of para-hydroxylation sites is 1. The van der Waals surface area contributed by atoms with Crippen molar-refractivity contribution in [1.29, 1.82) is 0 Å². The lowest BCUT2D eigenvalue weighted by Gasteiger charge is -2.11. The van der Waals surface area contributed by atoms with E-state index in [2.05, 4.69) is 15.8 Å². The maximum absolute atomic E-state index is 5.69. The van der Waals surface area contributed by atoms with Crippen LogP contribution in [0.5, 0.6) is 0 Å². The maximum atomic E-state index is 5.69. The third-order valence-corrected chi connectivity index (χ3v) is 2.06. The Hall–Kier alpha value is -2.43. The second kappa shape index (κ2) is 7.01. The van der Waals surface area contributed by atoms with Crippen LogP contribution in [0.4, 0.5) is 23.0 Å². The molecule has 0 saturated carbocycles. The molecule has 0 unspecified atom stereocenters. The lowest BCUT2D eigenvalue weighted by molar-refractivity contribution is 1.31. The largest absolute Gasteiger partial charge is 0.384 e. The molecule has 6 N–H and O–H groups in total. The maximum Gasteiger partial charge on any atom is 0.151 e. The molecule has 0 aliphatic rings. The van der Waals surface area contributed by atoms with Crippen LogP contribution < -0.4 is 22.3 Å². The van der Waals surface area contributed by atoms with Gasteiger partial charge in [0.2, 0.25) is 0 Å². The molecule has 0 fully saturated rings. The predicted molar refractivity (Wildman–Crippen MR) is 78.1 cm³/mol. The molecule has 0 aliphatic carbocycles. The van der Waals surface area contributed by atoms with Crippen LogP contribution in [0.2, 0.25) is 0 Å². The fraction of sp³-hybridized carbons (Fsp3) is 0.154. The Morgan fingerprint density at radius 1 is 0.889 bits per heavy atom. The van der Waals surface area contributed by atoms with Crippen LogP contribution in [-0.4, -0.2) is 4.98 Å². The SMILES string of the molecule is CC.Nc1ccc(NNc2ccccc2)c(N)n1. The summed E-state index contributed by atoms with van der Waals surface area (Å²) in [4.78, 5) is 3.94. The average Bonchev–Trinajstić information content (AvgIpc) is 2.41. The molecule has 0 radical (unpaired) electrons. The number of nitrogens with zero attached hydrogens (tertiary/aromatic N) is 1. The number of hydrogen-bond donors (Lipinski definition) is 4. The molecule has 0 amide bonds. The third-order valence-electron chi connectivity index (χ3n) is 2.06. The van der Waals surface area contributed by atoms with Crippen LogP contribution >= 0.6 is 0 Å². The lowest BCUT2D eigenvalue weighted by atomic mass is 10.3. The highest BCUT2D eigenvalue weighted by atomic mass is 15.4. The van der Waals surface area contributed by atoms with E-state index in [0.717, 1.165) is 5.69 Å². The summed E-state index contributed by atoms with van der Waals surface area (Å²) < 4.78 is 0. The number of benzene rings is 1. The summed E-state index contributed by atoms with van der Waals surface area (Å²) >= 11 is 0. The first kappa shape index (κ1) is 13.6. The molecular weight excluding hydrogens is 226 g/mol. The monoisotopic (exact) mass is 245 g/mol. The molecule has 5 heteroatoms. The van der Waals surface area contributed by atoms with E-state index in [1.807, 2.05) is 44.2 Å². The van der Waals surface area contributed by atoms with Crippen LogP contribution in [-0.2, 0) is 0 Å². The Labute approximate surface area is 107 Å². The quantitative estimate of drug-likeness (QED) is 0.624. The van der Waals surface area contributed by atoms with E-state index in [9.17, 15) is 0 Å². The first-order valence-electron chi connectivity index (χ1n) is 5.85. The highest BCUT2D eigenvalue weighted by Crippen LogP contribution is 2.17. The molecule has 96 valence electrons. The Kier molecular flexibility index (Phi) is 5.31. The Morgan fingerprint density at radius 2 is 1.56 bits per heavy atom. The van der Waals surface area contributed by atoms with Gasteiger partial charge in [0.1, 0.15) is 5.82 Å².